The summed E-state index contributed by atoms with van der Waals surface area (Å²) in [6.45, 7) is 0. The molecule has 1 heterocycles. The predicted octanol–water partition coefficient (Wildman–Crippen LogP) is 16.6. The van der Waals surface area contributed by atoms with Gasteiger partial charge in [-0.25, -0.2) is 0 Å². The van der Waals surface area contributed by atoms with Gasteiger partial charge in [0.25, 0.3) is 0 Å². The molecule has 0 N–H and O–H groups in total. The van der Waals surface area contributed by atoms with Crippen LogP contribution in [0.3, 0.4) is 0 Å². The molecule has 10 aromatic carbocycles. The molecule has 0 aliphatic rings. The van der Waals surface area contributed by atoms with Gasteiger partial charge >= 0.3 is 0 Å². The quantitative estimate of drug-likeness (QED) is 0.141. The Morgan fingerprint density at radius 2 is 0.694 bits per heavy atom. The summed E-state index contributed by atoms with van der Waals surface area (Å²) in [5.41, 5.74) is 18.7. The zero-order valence-corrected chi connectivity index (χ0v) is 34.1. The van der Waals surface area contributed by atoms with E-state index >= 15 is 0 Å². The first-order valence-corrected chi connectivity index (χ1v) is 21.3. The molecule has 0 amide bonds. The van der Waals surface area contributed by atoms with Crippen LogP contribution in [0.4, 0.5) is 17.1 Å². The zero-order chi connectivity index (χ0) is 41.2. The van der Waals surface area contributed by atoms with E-state index in [9.17, 15) is 0 Å². The van der Waals surface area contributed by atoms with Gasteiger partial charge in [0.15, 0.2) is 0 Å². The fourth-order valence-corrected chi connectivity index (χ4v) is 9.19. The number of hydrogen-bond donors (Lipinski definition) is 0. The molecular formula is C60H42N2. The third-order valence-electron chi connectivity index (χ3n) is 12.0. The molecule has 0 aliphatic heterocycles. The number of anilines is 3. The highest BCUT2D eigenvalue weighted by atomic mass is 15.1. The SMILES string of the molecule is c1ccc(-c2ccccc2-c2ccccc2-c2ccccc2N(c2ccc(-c3ccc4c(c3)c3ccccc3n4-c3ccccc3)cc2)c2ccccc2-c2ccccc2)cc1. The standard InChI is InChI=1S/C60H42N2/c1-4-20-44(21-5-1)49-26-10-11-28-51(49)52-29-12-13-30-53(52)54-31-15-18-34-58(54)62(57-33-17-14-27-50(57)45-22-6-2-7-23-45)48-39-36-43(37-40-48)46-38-41-60-56(42-46)55-32-16-19-35-59(55)61(60)47-24-8-3-9-25-47/h1-42H. The summed E-state index contributed by atoms with van der Waals surface area (Å²) < 4.78 is 2.37. The van der Waals surface area contributed by atoms with E-state index in [4.69, 9.17) is 0 Å². The summed E-state index contributed by atoms with van der Waals surface area (Å²) in [6, 6.07) is 92.0. The number of fused-ring (bicyclic) bond motifs is 3. The predicted molar refractivity (Wildman–Crippen MR) is 263 cm³/mol. The number of hydrogen-bond acceptors (Lipinski definition) is 1. The van der Waals surface area contributed by atoms with Crippen LogP contribution in [0.15, 0.2) is 255 Å². The van der Waals surface area contributed by atoms with Crippen LogP contribution in [0.1, 0.15) is 0 Å². The molecular weight excluding hydrogens is 749 g/mol. The van der Waals surface area contributed by atoms with Crippen LogP contribution in [0.2, 0.25) is 0 Å². The minimum Gasteiger partial charge on any atom is -0.309 e. The molecule has 11 aromatic rings. The molecule has 0 saturated heterocycles. The highest BCUT2D eigenvalue weighted by Gasteiger charge is 2.22. The third kappa shape index (κ3) is 6.65. The van der Waals surface area contributed by atoms with Crippen LogP contribution in [0, 0.1) is 0 Å². The topological polar surface area (TPSA) is 8.17 Å². The molecule has 0 saturated carbocycles. The molecule has 0 bridgehead atoms. The molecule has 11 rings (SSSR count). The fraction of sp³-hybridized carbons (Fsp3) is 0. The van der Waals surface area contributed by atoms with Crippen molar-refractivity contribution < 1.29 is 0 Å². The zero-order valence-electron chi connectivity index (χ0n) is 34.1. The minimum absolute atomic E-state index is 1.08. The lowest BCUT2D eigenvalue weighted by molar-refractivity contribution is 1.18. The van der Waals surface area contributed by atoms with E-state index in [-0.39, 0.29) is 0 Å². The first-order valence-electron chi connectivity index (χ1n) is 21.3. The maximum absolute atomic E-state index is 2.44. The van der Waals surface area contributed by atoms with Crippen molar-refractivity contribution in [3.63, 3.8) is 0 Å². The lowest BCUT2D eigenvalue weighted by atomic mass is 9.88. The van der Waals surface area contributed by atoms with Gasteiger partial charge in [-0.3, -0.25) is 0 Å². The van der Waals surface area contributed by atoms with Gasteiger partial charge in [-0.15, -0.1) is 0 Å². The van der Waals surface area contributed by atoms with E-state index in [1.54, 1.807) is 0 Å². The molecule has 62 heavy (non-hydrogen) atoms. The number of nitrogens with zero attached hydrogens (tertiary/aromatic N) is 2. The van der Waals surface area contributed by atoms with Crippen LogP contribution < -0.4 is 4.90 Å². The van der Waals surface area contributed by atoms with Crippen molar-refractivity contribution in [2.24, 2.45) is 0 Å². The van der Waals surface area contributed by atoms with E-state index in [2.05, 4.69) is 264 Å². The van der Waals surface area contributed by atoms with Crippen molar-refractivity contribution in [1.82, 2.24) is 4.57 Å². The average Bonchev–Trinajstić information content (AvgIpc) is 3.69. The van der Waals surface area contributed by atoms with Crippen molar-refractivity contribution in [1.29, 1.82) is 0 Å². The molecule has 0 spiro atoms. The Kier molecular flexibility index (Phi) is 9.57. The van der Waals surface area contributed by atoms with Gasteiger partial charge in [-0.1, -0.05) is 200 Å². The smallest absolute Gasteiger partial charge is 0.0541 e. The molecule has 0 unspecified atom stereocenters. The van der Waals surface area contributed by atoms with E-state index < -0.39 is 0 Å². The Labute approximate surface area is 362 Å². The second-order valence-corrected chi connectivity index (χ2v) is 15.7. The molecule has 0 fully saturated rings. The first kappa shape index (κ1) is 36.8. The Morgan fingerprint density at radius 1 is 0.258 bits per heavy atom. The van der Waals surface area contributed by atoms with Crippen molar-refractivity contribution >= 4 is 38.9 Å². The monoisotopic (exact) mass is 790 g/mol. The molecule has 2 nitrogen and oxygen atoms in total. The number of rotatable bonds is 9. The maximum Gasteiger partial charge on any atom is 0.0541 e. The Bertz CT molecular complexity index is 3330. The summed E-state index contributed by atoms with van der Waals surface area (Å²) >= 11 is 0. The second kappa shape index (κ2) is 16.1. The van der Waals surface area contributed by atoms with Crippen LogP contribution >= 0.6 is 0 Å². The van der Waals surface area contributed by atoms with Crippen molar-refractivity contribution in [3.8, 4) is 61.3 Å². The van der Waals surface area contributed by atoms with Gasteiger partial charge in [0.05, 0.1) is 22.4 Å². The molecule has 2 heteroatoms. The molecule has 1 aromatic heterocycles. The van der Waals surface area contributed by atoms with Gasteiger partial charge in [0.2, 0.25) is 0 Å². The molecule has 0 aliphatic carbocycles. The van der Waals surface area contributed by atoms with Gasteiger partial charge in [0.1, 0.15) is 0 Å². The third-order valence-corrected chi connectivity index (χ3v) is 12.0. The van der Waals surface area contributed by atoms with E-state index in [0.717, 1.165) is 33.9 Å². The molecule has 292 valence electrons. The van der Waals surface area contributed by atoms with E-state index in [0.29, 0.717) is 0 Å². The molecule has 0 radical (unpaired) electrons. The van der Waals surface area contributed by atoms with Gasteiger partial charge in [-0.05, 0) is 99.1 Å². The second-order valence-electron chi connectivity index (χ2n) is 15.7. The van der Waals surface area contributed by atoms with Crippen molar-refractivity contribution in [3.05, 3.63) is 255 Å². The lowest BCUT2D eigenvalue weighted by Gasteiger charge is -2.30. The Hall–Kier alpha value is -8.20. The van der Waals surface area contributed by atoms with Crippen LogP contribution in [0.25, 0.3) is 83.1 Å². The van der Waals surface area contributed by atoms with E-state index in [1.807, 2.05) is 0 Å². The summed E-state index contributed by atoms with van der Waals surface area (Å²) in [5, 5.41) is 2.49. The fourth-order valence-electron chi connectivity index (χ4n) is 9.19. The summed E-state index contributed by atoms with van der Waals surface area (Å²) in [5.74, 6) is 0. The van der Waals surface area contributed by atoms with E-state index in [1.165, 1.54) is 66.3 Å². The Morgan fingerprint density at radius 3 is 1.35 bits per heavy atom. The average molecular weight is 791 g/mol. The summed E-state index contributed by atoms with van der Waals surface area (Å²) in [4.78, 5) is 2.44. The summed E-state index contributed by atoms with van der Waals surface area (Å²) in [7, 11) is 0. The van der Waals surface area contributed by atoms with Crippen molar-refractivity contribution in [2.75, 3.05) is 4.90 Å². The van der Waals surface area contributed by atoms with Gasteiger partial charge in [-0.2, -0.15) is 0 Å². The highest BCUT2D eigenvalue weighted by molar-refractivity contribution is 6.10. The number of para-hydroxylation sites is 4. The Balaban J connectivity index is 1.07. The highest BCUT2D eigenvalue weighted by Crippen LogP contribution is 2.47. The van der Waals surface area contributed by atoms with Crippen LogP contribution in [0.5, 0.6) is 0 Å². The number of aromatic nitrogens is 1. The number of benzene rings is 10. The minimum atomic E-state index is 1.08. The van der Waals surface area contributed by atoms with Crippen LogP contribution in [-0.2, 0) is 0 Å². The van der Waals surface area contributed by atoms with Crippen LogP contribution in [-0.4, -0.2) is 4.57 Å². The van der Waals surface area contributed by atoms with Gasteiger partial charge in [0, 0.05) is 33.3 Å². The van der Waals surface area contributed by atoms with Gasteiger partial charge < -0.3 is 9.47 Å². The molecule has 0 atom stereocenters. The largest absolute Gasteiger partial charge is 0.309 e. The summed E-state index contributed by atoms with van der Waals surface area (Å²) in [6.07, 6.45) is 0. The normalized spacial score (nSPS) is 11.2. The lowest BCUT2D eigenvalue weighted by Crippen LogP contribution is -2.12. The first-order chi connectivity index (χ1) is 30.8. The maximum atomic E-state index is 2.44. The van der Waals surface area contributed by atoms with Crippen molar-refractivity contribution in [2.45, 2.75) is 0 Å².